The van der Waals surface area contributed by atoms with Crippen molar-refractivity contribution < 1.29 is 23.3 Å². The molecule has 3 N–H and O–H groups in total. The second-order valence-electron chi connectivity index (χ2n) is 4.57. The van der Waals surface area contributed by atoms with E-state index >= 15 is 0 Å². The van der Waals surface area contributed by atoms with E-state index in [1.807, 2.05) is 0 Å². The number of hydrogen-bond donors (Lipinski definition) is 2. The fourth-order valence-corrected chi connectivity index (χ4v) is 3.60. The van der Waals surface area contributed by atoms with Crippen molar-refractivity contribution in [3.8, 4) is 5.75 Å². The zero-order valence-electron chi connectivity index (χ0n) is 10.8. The van der Waals surface area contributed by atoms with Gasteiger partial charge in [0.2, 0.25) is 0 Å². The van der Waals surface area contributed by atoms with Crippen LogP contribution < -0.4 is 10.5 Å². The van der Waals surface area contributed by atoms with Gasteiger partial charge < -0.3 is 15.7 Å². The van der Waals surface area contributed by atoms with Crippen LogP contribution in [-0.4, -0.2) is 42.0 Å². The van der Waals surface area contributed by atoms with Crippen LogP contribution in [0.4, 0.5) is 5.69 Å². The van der Waals surface area contributed by atoms with Crippen molar-refractivity contribution in [1.82, 2.24) is 0 Å². The van der Waals surface area contributed by atoms with Gasteiger partial charge in [0.15, 0.2) is 21.4 Å². The quantitative estimate of drug-likeness (QED) is 0.266. The molecular weight excluding hydrogens is 302 g/mol. The molecule has 0 spiro atoms. The monoisotopic (exact) mass is 315 g/mol. The van der Waals surface area contributed by atoms with Crippen LogP contribution in [0.3, 0.4) is 0 Å². The Hall–Kier alpha value is -2.36. The molecule has 10 heteroatoms. The number of nitro benzene ring substituents is 1. The van der Waals surface area contributed by atoms with E-state index in [4.69, 9.17) is 15.7 Å². The summed E-state index contributed by atoms with van der Waals surface area (Å²) in [6, 6.07) is 3.80. The van der Waals surface area contributed by atoms with Crippen molar-refractivity contribution >= 4 is 21.4 Å². The number of ether oxygens (including phenoxy) is 1. The molecule has 0 saturated carbocycles. The fraction of sp³-hybridized carbons (Fsp3) is 0.364. The first kappa shape index (κ1) is 15.0. The number of nitrogens with zero attached hydrogens (tertiary/aromatic N) is 2. The average molecular weight is 315 g/mol. The van der Waals surface area contributed by atoms with E-state index in [9.17, 15) is 18.5 Å². The van der Waals surface area contributed by atoms with Gasteiger partial charge in [-0.1, -0.05) is 5.16 Å². The zero-order chi connectivity index (χ0) is 15.6. The maximum atomic E-state index is 11.4. The number of nitro groups is 1. The summed E-state index contributed by atoms with van der Waals surface area (Å²) in [5.74, 6) is -0.468. The minimum Gasteiger partial charge on any atom is -0.482 e. The van der Waals surface area contributed by atoms with Crippen LogP contribution >= 0.6 is 0 Å². The van der Waals surface area contributed by atoms with Crippen LogP contribution in [0, 0.1) is 10.1 Å². The fourth-order valence-electron chi connectivity index (χ4n) is 2.01. The molecule has 21 heavy (non-hydrogen) atoms. The summed E-state index contributed by atoms with van der Waals surface area (Å²) >= 11 is 0. The lowest BCUT2D eigenvalue weighted by Crippen LogP contribution is -2.19. The Kier molecular flexibility index (Phi) is 3.98. The molecule has 0 amide bonds. The normalized spacial score (nSPS) is 21.1. The molecular formula is C11H13N3O6S. The first-order valence-electron chi connectivity index (χ1n) is 5.96. The molecule has 9 nitrogen and oxygen atoms in total. The summed E-state index contributed by atoms with van der Waals surface area (Å²) in [6.07, 6.45) is -0.315. The SMILES string of the molecule is NC(=NO)c1ccc(OC2CCS(=O)(=O)C2)c([N+](=O)[O-])c1. The number of oxime groups is 1. The molecule has 0 radical (unpaired) electrons. The highest BCUT2D eigenvalue weighted by Gasteiger charge is 2.31. The minimum absolute atomic E-state index is 0.00761. The third-order valence-electron chi connectivity index (χ3n) is 3.04. The number of sulfone groups is 1. The molecule has 1 unspecified atom stereocenters. The van der Waals surface area contributed by atoms with Crippen molar-refractivity contribution in [3.05, 3.63) is 33.9 Å². The number of hydrogen-bond acceptors (Lipinski definition) is 7. The van der Waals surface area contributed by atoms with E-state index in [0.717, 1.165) is 6.07 Å². The van der Waals surface area contributed by atoms with Crippen molar-refractivity contribution in [3.63, 3.8) is 0 Å². The average Bonchev–Trinajstić information content (AvgIpc) is 2.77. The summed E-state index contributed by atoms with van der Waals surface area (Å²) in [5.41, 5.74) is 5.16. The van der Waals surface area contributed by atoms with Crippen molar-refractivity contribution in [1.29, 1.82) is 0 Å². The van der Waals surface area contributed by atoms with Crippen LogP contribution in [-0.2, 0) is 9.84 Å². The highest BCUT2D eigenvalue weighted by molar-refractivity contribution is 7.91. The Balaban J connectivity index is 2.29. The van der Waals surface area contributed by atoms with Gasteiger partial charge in [-0.05, 0) is 18.6 Å². The van der Waals surface area contributed by atoms with Gasteiger partial charge in [-0.25, -0.2) is 8.42 Å². The van der Waals surface area contributed by atoms with Crippen molar-refractivity contribution in [2.45, 2.75) is 12.5 Å². The number of benzene rings is 1. The van der Waals surface area contributed by atoms with E-state index < -0.39 is 20.9 Å². The number of nitrogens with two attached hydrogens (primary N) is 1. The third kappa shape index (κ3) is 3.40. The molecule has 1 aliphatic heterocycles. The predicted molar refractivity (Wildman–Crippen MR) is 73.3 cm³/mol. The minimum atomic E-state index is -3.14. The van der Waals surface area contributed by atoms with Gasteiger partial charge in [-0.2, -0.15) is 0 Å². The van der Waals surface area contributed by atoms with E-state index in [0.29, 0.717) is 6.42 Å². The molecule has 2 rings (SSSR count). The predicted octanol–water partition coefficient (Wildman–Crippen LogP) is 0.255. The van der Waals surface area contributed by atoms with Gasteiger partial charge in [-0.15, -0.1) is 0 Å². The van der Waals surface area contributed by atoms with Crippen LogP contribution in [0.5, 0.6) is 5.75 Å². The van der Waals surface area contributed by atoms with Gasteiger partial charge in [0.05, 0.1) is 16.4 Å². The Labute approximate surface area is 120 Å². The van der Waals surface area contributed by atoms with Gasteiger partial charge in [0, 0.05) is 11.6 Å². The lowest BCUT2D eigenvalue weighted by atomic mass is 10.1. The molecule has 1 aromatic rings. The molecule has 1 aromatic carbocycles. The van der Waals surface area contributed by atoms with Gasteiger partial charge in [0.25, 0.3) is 0 Å². The molecule has 0 bridgehead atoms. The molecule has 1 aliphatic rings. The Morgan fingerprint density at radius 3 is 2.76 bits per heavy atom. The number of rotatable bonds is 4. The van der Waals surface area contributed by atoms with Crippen LogP contribution in [0.25, 0.3) is 0 Å². The van der Waals surface area contributed by atoms with E-state index in [1.54, 1.807) is 0 Å². The van der Waals surface area contributed by atoms with Gasteiger partial charge in [0.1, 0.15) is 6.10 Å². The van der Waals surface area contributed by atoms with Gasteiger partial charge in [-0.3, -0.25) is 10.1 Å². The molecule has 1 heterocycles. The molecule has 0 aromatic heterocycles. The topological polar surface area (TPSA) is 145 Å². The van der Waals surface area contributed by atoms with E-state index in [1.165, 1.54) is 12.1 Å². The zero-order valence-corrected chi connectivity index (χ0v) is 11.6. The van der Waals surface area contributed by atoms with E-state index in [2.05, 4.69) is 5.16 Å². The highest BCUT2D eigenvalue weighted by atomic mass is 32.2. The Bertz CT molecular complexity index is 700. The lowest BCUT2D eigenvalue weighted by molar-refractivity contribution is -0.386. The Morgan fingerprint density at radius 2 is 2.24 bits per heavy atom. The van der Waals surface area contributed by atoms with Crippen molar-refractivity contribution in [2.75, 3.05) is 11.5 Å². The van der Waals surface area contributed by atoms with Crippen molar-refractivity contribution in [2.24, 2.45) is 10.9 Å². The standard InChI is InChI=1S/C11H13N3O6S/c12-11(13-15)7-1-2-10(9(5-7)14(16)17)20-8-3-4-21(18,19)6-8/h1-2,5,8,15H,3-4,6H2,(H2,12,13). The maximum Gasteiger partial charge on any atom is 0.311 e. The summed E-state index contributed by atoms with van der Waals surface area (Å²) in [7, 11) is -3.14. The maximum absolute atomic E-state index is 11.4. The van der Waals surface area contributed by atoms with Crippen LogP contribution in [0.15, 0.2) is 23.4 Å². The number of amidine groups is 1. The summed E-state index contributed by atoms with van der Waals surface area (Å²) < 4.78 is 28.1. The largest absolute Gasteiger partial charge is 0.482 e. The molecule has 114 valence electrons. The first-order chi connectivity index (χ1) is 9.82. The van der Waals surface area contributed by atoms with Crippen LogP contribution in [0.1, 0.15) is 12.0 Å². The second kappa shape index (κ2) is 5.56. The van der Waals surface area contributed by atoms with Gasteiger partial charge >= 0.3 is 5.69 Å². The molecule has 0 aliphatic carbocycles. The summed E-state index contributed by atoms with van der Waals surface area (Å²) in [6.45, 7) is 0. The summed E-state index contributed by atoms with van der Waals surface area (Å²) in [5, 5.41) is 22.4. The molecule has 1 saturated heterocycles. The van der Waals surface area contributed by atoms with Crippen LogP contribution in [0.2, 0.25) is 0 Å². The third-order valence-corrected chi connectivity index (χ3v) is 4.78. The Morgan fingerprint density at radius 1 is 1.52 bits per heavy atom. The smallest absolute Gasteiger partial charge is 0.311 e. The summed E-state index contributed by atoms with van der Waals surface area (Å²) in [4.78, 5) is 10.4. The lowest BCUT2D eigenvalue weighted by Gasteiger charge is -2.12. The first-order valence-corrected chi connectivity index (χ1v) is 7.78. The molecule has 1 atom stereocenters. The van der Waals surface area contributed by atoms with E-state index in [-0.39, 0.29) is 34.3 Å². The second-order valence-corrected chi connectivity index (χ2v) is 6.80. The highest BCUT2D eigenvalue weighted by Crippen LogP contribution is 2.30. The molecule has 1 fully saturated rings.